The molecule has 118 valence electrons. The van der Waals surface area contributed by atoms with E-state index in [1.165, 1.54) is 12.1 Å². The van der Waals surface area contributed by atoms with Crippen molar-refractivity contribution in [3.63, 3.8) is 0 Å². The number of phenolic OH excluding ortho intramolecular Hbond substituents is 2. The van der Waals surface area contributed by atoms with Crippen LogP contribution >= 0.6 is 0 Å². The first-order valence-corrected chi connectivity index (χ1v) is 7.29. The molecule has 0 saturated carbocycles. The van der Waals surface area contributed by atoms with Gasteiger partial charge in [-0.25, -0.2) is 0 Å². The van der Waals surface area contributed by atoms with E-state index in [2.05, 4.69) is 0 Å². The number of hydrogen-bond donors (Lipinski definition) is 2. The first-order chi connectivity index (χ1) is 11.6. The Bertz CT molecular complexity index is 835. The predicted molar refractivity (Wildman–Crippen MR) is 91.4 cm³/mol. The lowest BCUT2D eigenvalue weighted by Crippen LogP contribution is -1.86. The molecule has 0 unspecified atom stereocenters. The zero-order chi connectivity index (χ0) is 17.1. The summed E-state index contributed by atoms with van der Waals surface area (Å²) in [5.41, 5.74) is 3.64. The van der Waals surface area contributed by atoms with Gasteiger partial charge < -0.3 is 10.2 Å². The number of hydrogen-bond acceptors (Lipinski definition) is 4. The van der Waals surface area contributed by atoms with Crippen molar-refractivity contribution in [3.05, 3.63) is 71.8 Å². The van der Waals surface area contributed by atoms with Gasteiger partial charge in [-0.15, -0.1) is 0 Å². The monoisotopic (exact) mass is 318 g/mol. The second kappa shape index (κ2) is 6.38. The molecule has 0 bridgehead atoms. The van der Waals surface area contributed by atoms with Crippen molar-refractivity contribution in [1.82, 2.24) is 0 Å². The van der Waals surface area contributed by atoms with Crippen LogP contribution in [-0.4, -0.2) is 22.8 Å². The molecular formula is C20H14O4. The average Bonchev–Trinajstić information content (AvgIpc) is 2.61. The molecular weight excluding hydrogens is 304 g/mol. The molecule has 0 atom stereocenters. The maximum atomic E-state index is 10.7. The first-order valence-electron chi connectivity index (χ1n) is 7.29. The third-order valence-corrected chi connectivity index (χ3v) is 3.82. The lowest BCUT2D eigenvalue weighted by atomic mass is 9.98. The van der Waals surface area contributed by atoms with Crippen molar-refractivity contribution in [1.29, 1.82) is 0 Å². The van der Waals surface area contributed by atoms with Crippen LogP contribution in [0.15, 0.2) is 60.7 Å². The van der Waals surface area contributed by atoms with Gasteiger partial charge in [-0.2, -0.15) is 0 Å². The van der Waals surface area contributed by atoms with Crippen LogP contribution in [-0.2, 0) is 0 Å². The van der Waals surface area contributed by atoms with Gasteiger partial charge in [-0.05, 0) is 35.4 Å². The Hall–Kier alpha value is -3.40. The first kappa shape index (κ1) is 15.5. The molecule has 4 nitrogen and oxygen atoms in total. The highest BCUT2D eigenvalue weighted by atomic mass is 16.3. The van der Waals surface area contributed by atoms with E-state index in [1.807, 2.05) is 24.3 Å². The summed E-state index contributed by atoms with van der Waals surface area (Å²) in [4.78, 5) is 21.5. The van der Waals surface area contributed by atoms with E-state index in [0.717, 1.165) is 11.1 Å². The number of phenols is 2. The van der Waals surface area contributed by atoms with E-state index < -0.39 is 0 Å². The Balaban J connectivity index is 1.96. The molecule has 0 saturated heterocycles. The second-order valence-corrected chi connectivity index (χ2v) is 5.37. The Labute approximate surface area is 138 Å². The quantitative estimate of drug-likeness (QED) is 0.711. The Morgan fingerprint density at radius 3 is 1.25 bits per heavy atom. The summed E-state index contributed by atoms with van der Waals surface area (Å²) in [6.07, 6.45) is 1.36. The number of rotatable bonds is 4. The zero-order valence-electron chi connectivity index (χ0n) is 12.6. The van der Waals surface area contributed by atoms with E-state index in [4.69, 9.17) is 0 Å². The van der Waals surface area contributed by atoms with Gasteiger partial charge in [0.05, 0.1) is 0 Å². The van der Waals surface area contributed by atoms with Crippen molar-refractivity contribution in [3.8, 4) is 33.8 Å². The van der Waals surface area contributed by atoms with Crippen molar-refractivity contribution in [2.75, 3.05) is 0 Å². The Morgan fingerprint density at radius 1 is 0.583 bits per heavy atom. The summed E-state index contributed by atoms with van der Waals surface area (Å²) in [6.45, 7) is 0. The minimum absolute atomic E-state index is 0.0329. The molecule has 0 radical (unpaired) electrons. The smallest absolute Gasteiger partial charge is 0.150 e. The van der Waals surface area contributed by atoms with Gasteiger partial charge in [-0.1, -0.05) is 36.4 Å². The van der Waals surface area contributed by atoms with Crippen LogP contribution in [0.3, 0.4) is 0 Å². The SMILES string of the molecule is O=Cc1ccc(-c2ccc(-c3ccc(C=O)cc3O)cc2)c(O)c1. The zero-order valence-corrected chi connectivity index (χ0v) is 12.6. The van der Waals surface area contributed by atoms with E-state index in [0.29, 0.717) is 34.8 Å². The normalized spacial score (nSPS) is 10.3. The fraction of sp³-hybridized carbons (Fsp3) is 0. The van der Waals surface area contributed by atoms with Crippen molar-refractivity contribution < 1.29 is 19.8 Å². The molecule has 0 aliphatic rings. The van der Waals surface area contributed by atoms with E-state index >= 15 is 0 Å². The molecule has 4 heteroatoms. The standard InChI is InChI=1S/C20H14O4/c21-11-13-1-7-17(19(23)9-13)15-3-5-16(6-4-15)18-8-2-14(12-22)10-20(18)24/h1-12,23-24H. The predicted octanol–water partition coefficient (Wildman–Crippen LogP) is 4.06. The van der Waals surface area contributed by atoms with E-state index in [9.17, 15) is 19.8 Å². The van der Waals surface area contributed by atoms with Gasteiger partial charge in [0.15, 0.2) is 0 Å². The number of carbonyl (C=O) groups excluding carboxylic acids is 2. The van der Waals surface area contributed by atoms with Gasteiger partial charge in [0.25, 0.3) is 0 Å². The Kier molecular flexibility index (Phi) is 4.12. The summed E-state index contributed by atoms with van der Waals surface area (Å²) < 4.78 is 0. The molecule has 0 aromatic heterocycles. The van der Waals surface area contributed by atoms with Crippen LogP contribution in [0.4, 0.5) is 0 Å². The van der Waals surface area contributed by atoms with Gasteiger partial charge in [0, 0.05) is 22.3 Å². The lowest BCUT2D eigenvalue weighted by molar-refractivity contribution is 0.111. The second-order valence-electron chi connectivity index (χ2n) is 5.37. The Morgan fingerprint density at radius 2 is 0.958 bits per heavy atom. The topological polar surface area (TPSA) is 74.6 Å². The van der Waals surface area contributed by atoms with Crippen molar-refractivity contribution in [2.45, 2.75) is 0 Å². The van der Waals surface area contributed by atoms with Crippen LogP contribution in [0, 0.1) is 0 Å². The summed E-state index contributed by atoms with van der Waals surface area (Å²) in [5.74, 6) is 0.0658. The molecule has 0 aliphatic heterocycles. The van der Waals surface area contributed by atoms with Crippen LogP contribution < -0.4 is 0 Å². The van der Waals surface area contributed by atoms with Crippen molar-refractivity contribution >= 4 is 12.6 Å². The third kappa shape index (κ3) is 2.90. The molecule has 0 spiro atoms. The van der Waals surface area contributed by atoms with E-state index in [-0.39, 0.29) is 11.5 Å². The van der Waals surface area contributed by atoms with Gasteiger partial charge in [-0.3, -0.25) is 9.59 Å². The highest BCUT2D eigenvalue weighted by Crippen LogP contribution is 2.34. The minimum Gasteiger partial charge on any atom is -0.507 e. The number of carbonyl (C=O) groups is 2. The minimum atomic E-state index is 0.0329. The number of benzene rings is 3. The van der Waals surface area contributed by atoms with Crippen LogP contribution in [0.2, 0.25) is 0 Å². The highest BCUT2D eigenvalue weighted by Gasteiger charge is 2.08. The molecule has 3 aromatic carbocycles. The summed E-state index contributed by atoms with van der Waals surface area (Å²) in [6, 6.07) is 16.8. The molecule has 2 N–H and O–H groups in total. The molecule has 3 aromatic rings. The maximum Gasteiger partial charge on any atom is 0.150 e. The molecule has 0 heterocycles. The van der Waals surface area contributed by atoms with Gasteiger partial charge in [0.1, 0.15) is 24.1 Å². The number of aromatic hydroxyl groups is 2. The highest BCUT2D eigenvalue weighted by molar-refractivity contribution is 5.82. The van der Waals surface area contributed by atoms with Crippen molar-refractivity contribution in [2.24, 2.45) is 0 Å². The maximum absolute atomic E-state index is 10.7. The third-order valence-electron chi connectivity index (χ3n) is 3.82. The molecule has 3 rings (SSSR count). The van der Waals surface area contributed by atoms with Crippen LogP contribution in [0.5, 0.6) is 11.5 Å². The molecule has 0 fully saturated rings. The van der Waals surface area contributed by atoms with Gasteiger partial charge in [0.2, 0.25) is 0 Å². The summed E-state index contributed by atoms with van der Waals surface area (Å²) in [7, 11) is 0. The summed E-state index contributed by atoms with van der Waals surface area (Å²) >= 11 is 0. The van der Waals surface area contributed by atoms with Crippen LogP contribution in [0.1, 0.15) is 20.7 Å². The van der Waals surface area contributed by atoms with Gasteiger partial charge >= 0.3 is 0 Å². The molecule has 24 heavy (non-hydrogen) atoms. The fourth-order valence-electron chi connectivity index (χ4n) is 2.56. The average molecular weight is 318 g/mol. The lowest BCUT2D eigenvalue weighted by Gasteiger charge is -2.09. The van der Waals surface area contributed by atoms with Crippen LogP contribution in [0.25, 0.3) is 22.3 Å². The number of aldehydes is 2. The summed E-state index contributed by atoms with van der Waals surface area (Å²) in [5, 5.41) is 20.1. The largest absolute Gasteiger partial charge is 0.507 e. The molecule has 0 aliphatic carbocycles. The van der Waals surface area contributed by atoms with E-state index in [1.54, 1.807) is 24.3 Å². The fourth-order valence-corrected chi connectivity index (χ4v) is 2.56. The molecule has 0 amide bonds.